The van der Waals surface area contributed by atoms with Crippen LogP contribution in [0.4, 0.5) is 0 Å². The molecule has 7 heteroatoms. The molecule has 0 bridgehead atoms. The van der Waals surface area contributed by atoms with Crippen LogP contribution in [0.3, 0.4) is 0 Å². The topological polar surface area (TPSA) is 43.4 Å². The first kappa shape index (κ1) is 21.1. The molecule has 0 aromatic carbocycles. The van der Waals surface area contributed by atoms with E-state index in [1.165, 1.54) is 0 Å². The average molecular weight is 405 g/mol. The first-order valence-corrected chi connectivity index (χ1v) is 12.6. The molecule has 2 atom stereocenters. The number of nitrogens with one attached hydrogen (secondary N) is 1. The van der Waals surface area contributed by atoms with E-state index in [2.05, 4.69) is 31.1 Å². The molecule has 25 heavy (non-hydrogen) atoms. The van der Waals surface area contributed by atoms with Crippen molar-refractivity contribution in [1.82, 2.24) is 10.3 Å². The molecule has 0 spiro atoms. The molecule has 0 radical (unpaired) electrons. The van der Waals surface area contributed by atoms with Crippen molar-refractivity contribution in [3.63, 3.8) is 0 Å². The Hall–Kier alpha value is -0.173. The standard InChI is InChI=1S/C18H30Cl2N2O2Si/c1-4-25(5-2,6-3)24-17(12-21-9-14-7-8-23-13-14)18-15(19)10-22-11-16(18)20/h10-11,14,17,21H,4-9,12-13H2,1-3H3/t14-,17?/m1/s1. The summed E-state index contributed by atoms with van der Waals surface area (Å²) in [4.78, 5) is 4.08. The van der Waals surface area contributed by atoms with Gasteiger partial charge in [-0.2, -0.15) is 0 Å². The first-order valence-electron chi connectivity index (χ1n) is 9.30. The second-order valence-corrected chi connectivity index (χ2v) is 12.3. The van der Waals surface area contributed by atoms with Gasteiger partial charge in [-0.15, -0.1) is 0 Å². The highest BCUT2D eigenvalue weighted by atomic mass is 35.5. The first-order chi connectivity index (χ1) is 12.0. The minimum absolute atomic E-state index is 0.142. The summed E-state index contributed by atoms with van der Waals surface area (Å²) < 4.78 is 12.2. The molecule has 2 rings (SSSR count). The zero-order valence-corrected chi connectivity index (χ0v) is 18.0. The molecule has 1 saturated heterocycles. The van der Waals surface area contributed by atoms with Crippen molar-refractivity contribution < 1.29 is 9.16 Å². The Balaban J connectivity index is 2.15. The predicted octanol–water partition coefficient (Wildman–Crippen LogP) is 5.08. The van der Waals surface area contributed by atoms with E-state index in [0.717, 1.165) is 49.9 Å². The fraction of sp³-hybridized carbons (Fsp3) is 0.722. The number of hydrogen-bond acceptors (Lipinski definition) is 4. The fourth-order valence-electron chi connectivity index (χ4n) is 3.40. The Morgan fingerprint density at radius 2 is 1.88 bits per heavy atom. The van der Waals surface area contributed by atoms with E-state index in [0.29, 0.717) is 22.5 Å². The normalized spacial score (nSPS) is 19.3. The van der Waals surface area contributed by atoms with Crippen LogP contribution in [0.25, 0.3) is 0 Å². The van der Waals surface area contributed by atoms with E-state index in [4.69, 9.17) is 32.4 Å². The van der Waals surface area contributed by atoms with Gasteiger partial charge in [0.05, 0.1) is 22.8 Å². The van der Waals surface area contributed by atoms with Crippen molar-refractivity contribution in [3.05, 3.63) is 28.0 Å². The zero-order valence-electron chi connectivity index (χ0n) is 15.5. The summed E-state index contributed by atoms with van der Waals surface area (Å²) in [5.74, 6) is 0.578. The summed E-state index contributed by atoms with van der Waals surface area (Å²) in [6.07, 6.45) is 4.28. The van der Waals surface area contributed by atoms with Gasteiger partial charge >= 0.3 is 0 Å². The van der Waals surface area contributed by atoms with Crippen molar-refractivity contribution in [3.8, 4) is 0 Å². The van der Waals surface area contributed by atoms with Crippen LogP contribution in [-0.4, -0.2) is 39.6 Å². The third kappa shape index (κ3) is 5.65. The van der Waals surface area contributed by atoms with Gasteiger partial charge < -0.3 is 14.5 Å². The Kier molecular flexibility index (Phi) is 8.65. The second-order valence-electron chi connectivity index (χ2n) is 6.75. The maximum Gasteiger partial charge on any atom is 0.192 e. The fourth-order valence-corrected chi connectivity index (χ4v) is 6.81. The second kappa shape index (κ2) is 10.2. The van der Waals surface area contributed by atoms with Gasteiger partial charge in [-0.1, -0.05) is 44.0 Å². The third-order valence-corrected chi connectivity index (χ3v) is 10.6. The summed E-state index contributed by atoms with van der Waals surface area (Å²) in [6, 6.07) is 3.27. The lowest BCUT2D eigenvalue weighted by Crippen LogP contribution is -2.40. The van der Waals surface area contributed by atoms with Crippen molar-refractivity contribution in [2.45, 2.75) is 51.4 Å². The van der Waals surface area contributed by atoms with E-state index in [-0.39, 0.29) is 6.10 Å². The van der Waals surface area contributed by atoms with Gasteiger partial charge in [0, 0.05) is 37.7 Å². The molecule has 1 aliphatic rings. The number of nitrogens with zero attached hydrogens (tertiary/aromatic N) is 1. The van der Waals surface area contributed by atoms with Crippen molar-refractivity contribution >= 4 is 31.5 Å². The average Bonchev–Trinajstić information content (AvgIpc) is 3.12. The Morgan fingerprint density at radius 3 is 2.40 bits per heavy atom. The zero-order chi connectivity index (χ0) is 18.3. The van der Waals surface area contributed by atoms with Crippen LogP contribution in [0.1, 0.15) is 38.9 Å². The van der Waals surface area contributed by atoms with E-state index >= 15 is 0 Å². The maximum atomic E-state index is 6.75. The summed E-state index contributed by atoms with van der Waals surface area (Å²) in [7, 11) is -1.79. The molecular weight excluding hydrogens is 375 g/mol. The quantitative estimate of drug-likeness (QED) is 0.552. The Bertz CT molecular complexity index is 509. The van der Waals surface area contributed by atoms with Gasteiger partial charge in [-0.25, -0.2) is 0 Å². The summed E-state index contributed by atoms with van der Waals surface area (Å²) in [5.41, 5.74) is 0.862. The van der Waals surface area contributed by atoms with E-state index in [9.17, 15) is 0 Å². The molecule has 2 heterocycles. The molecule has 1 aromatic heterocycles. The lowest BCUT2D eigenvalue weighted by Gasteiger charge is -2.34. The molecule has 0 amide bonds. The molecule has 1 aliphatic heterocycles. The highest BCUT2D eigenvalue weighted by Crippen LogP contribution is 2.36. The van der Waals surface area contributed by atoms with E-state index in [1.54, 1.807) is 12.4 Å². The molecule has 1 N–H and O–H groups in total. The van der Waals surface area contributed by atoms with Crippen LogP contribution in [-0.2, 0) is 9.16 Å². The molecule has 0 saturated carbocycles. The van der Waals surface area contributed by atoms with Crippen molar-refractivity contribution in [1.29, 1.82) is 0 Å². The number of halogens is 2. The third-order valence-electron chi connectivity index (χ3n) is 5.32. The number of ether oxygens (including phenoxy) is 1. The molecule has 1 unspecified atom stereocenters. The van der Waals surface area contributed by atoms with E-state index < -0.39 is 8.32 Å². The molecule has 1 aromatic rings. The highest BCUT2D eigenvalue weighted by molar-refractivity contribution is 6.73. The molecule has 142 valence electrons. The van der Waals surface area contributed by atoms with Gasteiger partial charge in [0.15, 0.2) is 8.32 Å². The number of rotatable bonds is 10. The molecule has 0 aliphatic carbocycles. The number of aromatic nitrogens is 1. The highest BCUT2D eigenvalue weighted by Gasteiger charge is 2.34. The monoisotopic (exact) mass is 404 g/mol. The summed E-state index contributed by atoms with van der Waals surface area (Å²) in [6.45, 7) is 10.0. The lowest BCUT2D eigenvalue weighted by atomic mass is 10.1. The minimum atomic E-state index is -1.79. The maximum absolute atomic E-state index is 6.75. The van der Waals surface area contributed by atoms with Crippen LogP contribution >= 0.6 is 23.2 Å². The van der Waals surface area contributed by atoms with Crippen LogP contribution in [0.2, 0.25) is 28.2 Å². The van der Waals surface area contributed by atoms with Crippen LogP contribution in [0, 0.1) is 5.92 Å². The molecule has 1 fully saturated rings. The van der Waals surface area contributed by atoms with Crippen molar-refractivity contribution in [2.75, 3.05) is 26.3 Å². The smallest absolute Gasteiger partial charge is 0.192 e. The Morgan fingerprint density at radius 1 is 1.24 bits per heavy atom. The largest absolute Gasteiger partial charge is 0.409 e. The predicted molar refractivity (Wildman–Crippen MR) is 107 cm³/mol. The molecular formula is C18H30Cl2N2O2Si. The van der Waals surface area contributed by atoms with Gasteiger partial charge in [-0.3, -0.25) is 4.98 Å². The van der Waals surface area contributed by atoms with Crippen LogP contribution < -0.4 is 5.32 Å². The van der Waals surface area contributed by atoms with E-state index in [1.807, 2.05) is 0 Å². The minimum Gasteiger partial charge on any atom is -0.409 e. The molecule has 4 nitrogen and oxygen atoms in total. The van der Waals surface area contributed by atoms with Crippen LogP contribution in [0.5, 0.6) is 0 Å². The van der Waals surface area contributed by atoms with Crippen molar-refractivity contribution in [2.24, 2.45) is 5.92 Å². The summed E-state index contributed by atoms with van der Waals surface area (Å²) in [5, 5.41) is 4.71. The number of pyridine rings is 1. The Labute approximate surface area is 162 Å². The SMILES string of the molecule is CC[Si](CC)(CC)OC(CNC[C@H]1CCOC1)c1c(Cl)cncc1Cl. The van der Waals surface area contributed by atoms with Gasteiger partial charge in [0.1, 0.15) is 0 Å². The summed E-state index contributed by atoms with van der Waals surface area (Å²) >= 11 is 12.9. The van der Waals surface area contributed by atoms with Gasteiger partial charge in [0.25, 0.3) is 0 Å². The van der Waals surface area contributed by atoms with Crippen LogP contribution in [0.15, 0.2) is 12.4 Å². The van der Waals surface area contributed by atoms with Gasteiger partial charge in [0.2, 0.25) is 0 Å². The number of hydrogen-bond donors (Lipinski definition) is 1. The lowest BCUT2D eigenvalue weighted by molar-refractivity contribution is 0.174. The van der Waals surface area contributed by atoms with Gasteiger partial charge in [-0.05, 0) is 30.5 Å².